The fourth-order valence-electron chi connectivity index (χ4n) is 6.13. The van der Waals surface area contributed by atoms with E-state index in [2.05, 4.69) is 70.9 Å². The molecule has 0 aromatic rings. The van der Waals surface area contributed by atoms with E-state index in [1.807, 2.05) is 6.92 Å². The SMILES string of the molecule is COC(=O)[C@]1(C)[C@@H](OC2CCCCO2)CCN(C)[C@H]1CC/C(C)=C/CC/C=C(\C)CC/C=C(\C)CCC=C(C)C. The standard InChI is InChI=1S/C35H59NO4/c1-27(2)15-13-18-29(4)20-14-19-28(3)16-9-10-17-30(5)22-23-31-35(6,34(37)38-8)32(24-25-36(31)7)40-33-21-11-12-26-39-33/h15-17,20,31-33H,9-14,18-19,21-26H2,1-8H3/b28-16+,29-20+,30-17+/t31-,32-,33?,35-/m0/s1. The first-order valence-corrected chi connectivity index (χ1v) is 15.7. The van der Waals surface area contributed by atoms with E-state index >= 15 is 0 Å². The van der Waals surface area contributed by atoms with E-state index in [4.69, 9.17) is 14.2 Å². The normalized spacial score (nSPS) is 27.0. The maximum atomic E-state index is 13.2. The molecule has 40 heavy (non-hydrogen) atoms. The maximum Gasteiger partial charge on any atom is 0.315 e. The Labute approximate surface area is 246 Å². The summed E-state index contributed by atoms with van der Waals surface area (Å²) >= 11 is 0. The number of carbonyl (C=O) groups excluding carboxylic acids is 1. The molecule has 2 saturated heterocycles. The fraction of sp³-hybridized carbons (Fsp3) is 0.743. The lowest BCUT2D eigenvalue weighted by Gasteiger charge is -2.50. The molecule has 5 nitrogen and oxygen atoms in total. The largest absolute Gasteiger partial charge is 0.468 e. The van der Waals surface area contributed by atoms with Gasteiger partial charge in [-0.1, -0.05) is 46.6 Å². The molecule has 0 aromatic heterocycles. The highest BCUT2D eigenvalue weighted by atomic mass is 16.7. The number of ether oxygens (including phenoxy) is 3. The summed E-state index contributed by atoms with van der Waals surface area (Å²) in [6.45, 7) is 14.8. The molecule has 0 spiro atoms. The highest BCUT2D eigenvalue weighted by Crippen LogP contribution is 2.42. The monoisotopic (exact) mass is 557 g/mol. The van der Waals surface area contributed by atoms with Gasteiger partial charge in [0.05, 0.1) is 13.2 Å². The summed E-state index contributed by atoms with van der Waals surface area (Å²) in [6, 6.07) is 0.0614. The van der Waals surface area contributed by atoms with Crippen LogP contribution in [0.25, 0.3) is 0 Å². The third-order valence-corrected chi connectivity index (χ3v) is 8.80. The smallest absolute Gasteiger partial charge is 0.315 e. The first-order chi connectivity index (χ1) is 19.1. The second-order valence-electron chi connectivity index (χ2n) is 12.6. The van der Waals surface area contributed by atoms with Crippen molar-refractivity contribution in [1.82, 2.24) is 4.90 Å². The Hall–Kier alpha value is -1.69. The molecular formula is C35H59NO4. The summed E-state index contributed by atoms with van der Waals surface area (Å²) in [5.74, 6) is -0.176. The molecule has 0 bridgehead atoms. The molecule has 0 N–H and O–H groups in total. The van der Waals surface area contributed by atoms with E-state index in [9.17, 15) is 4.79 Å². The molecule has 0 aliphatic carbocycles. The molecule has 0 radical (unpaired) electrons. The van der Waals surface area contributed by atoms with Crippen molar-refractivity contribution in [1.29, 1.82) is 0 Å². The van der Waals surface area contributed by atoms with Crippen LogP contribution in [0, 0.1) is 5.41 Å². The van der Waals surface area contributed by atoms with Gasteiger partial charge in [0.1, 0.15) is 5.41 Å². The number of carbonyl (C=O) groups is 1. The van der Waals surface area contributed by atoms with Crippen LogP contribution in [0.4, 0.5) is 0 Å². The second kappa shape index (κ2) is 18.0. The van der Waals surface area contributed by atoms with Gasteiger partial charge in [-0.05, 0) is 126 Å². The van der Waals surface area contributed by atoms with Crippen LogP contribution in [0.15, 0.2) is 46.6 Å². The van der Waals surface area contributed by atoms with Crippen LogP contribution < -0.4 is 0 Å². The van der Waals surface area contributed by atoms with Crippen LogP contribution in [0.3, 0.4) is 0 Å². The number of likely N-dealkylation sites (tertiary alicyclic amines) is 1. The third-order valence-electron chi connectivity index (χ3n) is 8.80. The van der Waals surface area contributed by atoms with Crippen LogP contribution in [0.2, 0.25) is 0 Å². The summed E-state index contributed by atoms with van der Waals surface area (Å²) in [6.07, 6.45) is 21.6. The van der Waals surface area contributed by atoms with Crippen LogP contribution in [-0.2, 0) is 19.0 Å². The molecule has 0 saturated carbocycles. The summed E-state index contributed by atoms with van der Waals surface area (Å²) in [7, 11) is 3.63. The van der Waals surface area contributed by atoms with E-state index in [1.165, 1.54) is 29.4 Å². The van der Waals surface area contributed by atoms with E-state index < -0.39 is 5.41 Å². The number of unbranched alkanes of at least 4 members (excludes halogenated alkanes) is 1. The van der Waals surface area contributed by atoms with Gasteiger partial charge in [0.25, 0.3) is 0 Å². The van der Waals surface area contributed by atoms with Crippen LogP contribution in [0.1, 0.15) is 119 Å². The maximum absolute atomic E-state index is 13.2. The molecule has 5 heteroatoms. The highest BCUT2D eigenvalue weighted by molar-refractivity contribution is 5.78. The molecule has 1 unspecified atom stereocenters. The molecule has 4 atom stereocenters. The molecular weight excluding hydrogens is 498 g/mol. The Bertz CT molecular complexity index is 891. The van der Waals surface area contributed by atoms with Crippen LogP contribution >= 0.6 is 0 Å². The second-order valence-corrected chi connectivity index (χ2v) is 12.6. The topological polar surface area (TPSA) is 48.0 Å². The van der Waals surface area contributed by atoms with Crippen molar-refractivity contribution in [3.05, 3.63) is 46.6 Å². The Morgan fingerprint density at radius 2 is 1.48 bits per heavy atom. The van der Waals surface area contributed by atoms with Gasteiger partial charge in [-0.15, -0.1) is 0 Å². The van der Waals surface area contributed by atoms with Crippen molar-refractivity contribution < 1.29 is 19.0 Å². The number of hydrogen-bond donors (Lipinski definition) is 0. The minimum absolute atomic E-state index is 0.0614. The van der Waals surface area contributed by atoms with Crippen molar-refractivity contribution in [2.24, 2.45) is 5.41 Å². The number of methoxy groups -OCH3 is 1. The van der Waals surface area contributed by atoms with Crippen molar-refractivity contribution in [3.8, 4) is 0 Å². The Morgan fingerprint density at radius 3 is 2.05 bits per heavy atom. The van der Waals surface area contributed by atoms with Gasteiger partial charge in [0.2, 0.25) is 0 Å². The van der Waals surface area contributed by atoms with Gasteiger partial charge < -0.3 is 19.1 Å². The first-order valence-electron chi connectivity index (χ1n) is 15.7. The van der Waals surface area contributed by atoms with E-state index in [-0.39, 0.29) is 24.4 Å². The number of allylic oxidation sites excluding steroid dienone is 8. The molecule has 228 valence electrons. The van der Waals surface area contributed by atoms with Crippen LogP contribution in [-0.4, -0.2) is 56.6 Å². The van der Waals surface area contributed by atoms with Gasteiger partial charge in [-0.25, -0.2) is 0 Å². The summed E-state index contributed by atoms with van der Waals surface area (Å²) in [5.41, 5.74) is 5.04. The molecule has 2 fully saturated rings. The van der Waals surface area contributed by atoms with Gasteiger partial charge in [0, 0.05) is 19.2 Å². The summed E-state index contributed by atoms with van der Waals surface area (Å²) in [5, 5.41) is 0. The number of piperidine rings is 1. The summed E-state index contributed by atoms with van der Waals surface area (Å²) in [4.78, 5) is 15.5. The minimum Gasteiger partial charge on any atom is -0.468 e. The molecule has 2 rings (SSSR count). The third kappa shape index (κ3) is 11.3. The highest BCUT2D eigenvalue weighted by Gasteiger charge is 2.54. The Balaban J connectivity index is 1.86. The first kappa shape index (κ1) is 34.5. The molecule has 2 aliphatic rings. The molecule has 2 heterocycles. The van der Waals surface area contributed by atoms with Crippen molar-refractivity contribution >= 4 is 5.97 Å². The zero-order chi connectivity index (χ0) is 29.5. The van der Waals surface area contributed by atoms with Gasteiger partial charge in [0.15, 0.2) is 6.29 Å². The van der Waals surface area contributed by atoms with Crippen molar-refractivity contribution in [2.75, 3.05) is 27.3 Å². The lowest BCUT2D eigenvalue weighted by Crippen LogP contribution is -2.61. The average molecular weight is 558 g/mol. The van der Waals surface area contributed by atoms with Gasteiger partial charge in [-0.2, -0.15) is 0 Å². The Morgan fingerprint density at radius 1 is 0.875 bits per heavy atom. The molecule has 0 amide bonds. The minimum atomic E-state index is -0.721. The zero-order valence-corrected chi connectivity index (χ0v) is 27.0. The number of rotatable bonds is 15. The predicted molar refractivity (Wildman–Crippen MR) is 167 cm³/mol. The van der Waals surface area contributed by atoms with Crippen molar-refractivity contribution in [2.45, 2.75) is 137 Å². The van der Waals surface area contributed by atoms with Gasteiger partial charge in [-0.3, -0.25) is 4.79 Å². The fourth-order valence-corrected chi connectivity index (χ4v) is 6.13. The molecule has 2 aliphatic heterocycles. The molecule has 0 aromatic carbocycles. The average Bonchev–Trinajstić information content (AvgIpc) is 2.92. The van der Waals surface area contributed by atoms with E-state index in [0.717, 1.165) is 90.2 Å². The van der Waals surface area contributed by atoms with Crippen LogP contribution in [0.5, 0.6) is 0 Å². The lowest BCUT2D eigenvalue weighted by molar-refractivity contribution is -0.234. The Kier molecular flexibility index (Phi) is 15.5. The van der Waals surface area contributed by atoms with E-state index in [0.29, 0.717) is 0 Å². The van der Waals surface area contributed by atoms with Gasteiger partial charge >= 0.3 is 5.97 Å². The summed E-state index contributed by atoms with van der Waals surface area (Å²) < 4.78 is 17.7. The lowest BCUT2D eigenvalue weighted by atomic mass is 9.70. The zero-order valence-electron chi connectivity index (χ0n) is 27.0. The quantitative estimate of drug-likeness (QED) is 0.114. The number of esters is 1. The predicted octanol–water partition coefficient (Wildman–Crippen LogP) is 8.71. The number of nitrogens with zero attached hydrogens (tertiary/aromatic N) is 1. The van der Waals surface area contributed by atoms with Crippen molar-refractivity contribution in [3.63, 3.8) is 0 Å². The van der Waals surface area contributed by atoms with E-state index in [1.54, 1.807) is 0 Å². The number of hydrogen-bond acceptors (Lipinski definition) is 5.